The first-order valence-electron chi connectivity index (χ1n) is 11.0. The van der Waals surface area contributed by atoms with Crippen molar-refractivity contribution in [3.63, 3.8) is 0 Å². The van der Waals surface area contributed by atoms with Crippen LogP contribution in [0.5, 0.6) is 0 Å². The zero-order chi connectivity index (χ0) is 21.1. The number of para-hydroxylation sites is 1. The molecule has 4 rings (SSSR count). The Hall–Kier alpha value is -2.52. The maximum absolute atomic E-state index is 12.2. The van der Waals surface area contributed by atoms with E-state index in [0.29, 0.717) is 19.1 Å². The lowest BCUT2D eigenvalue weighted by Crippen LogP contribution is -2.52. The first-order chi connectivity index (χ1) is 14.5. The average Bonchev–Trinajstić information content (AvgIpc) is 3.09. The summed E-state index contributed by atoms with van der Waals surface area (Å²) in [5, 5.41) is 0. The number of anilines is 1. The molecule has 6 nitrogen and oxygen atoms in total. The first-order valence-corrected chi connectivity index (χ1v) is 11.0. The average molecular weight is 410 g/mol. The molecule has 0 aromatic heterocycles. The standard InChI is InChI=1S/C24H31N3O3/c1-3-4-17-30-23(29)26-13-9-20(10-14-26)25-15-11-24(12-16-25)18-27(19(2)28)22-8-6-5-7-21(22)24/h1,5-8,20H,4,9-18H2,2H3. The van der Waals surface area contributed by atoms with Gasteiger partial charge in [0.05, 0.1) is 0 Å². The van der Waals surface area contributed by atoms with Crippen LogP contribution >= 0.6 is 0 Å². The highest BCUT2D eigenvalue weighted by Gasteiger charge is 2.46. The molecule has 0 radical (unpaired) electrons. The summed E-state index contributed by atoms with van der Waals surface area (Å²) in [5.41, 5.74) is 2.51. The lowest BCUT2D eigenvalue weighted by molar-refractivity contribution is -0.116. The Balaban J connectivity index is 1.32. The number of carbonyl (C=O) groups excluding carboxylic acids is 2. The summed E-state index contributed by atoms with van der Waals surface area (Å²) in [4.78, 5) is 30.6. The summed E-state index contributed by atoms with van der Waals surface area (Å²) in [6.07, 6.45) is 9.53. The summed E-state index contributed by atoms with van der Waals surface area (Å²) < 4.78 is 5.23. The fraction of sp³-hybridized carbons (Fsp3) is 0.583. The molecule has 1 aromatic carbocycles. The fourth-order valence-electron chi connectivity index (χ4n) is 5.36. The second-order valence-corrected chi connectivity index (χ2v) is 8.73. The van der Waals surface area contributed by atoms with Crippen molar-refractivity contribution in [1.29, 1.82) is 0 Å². The van der Waals surface area contributed by atoms with Crippen molar-refractivity contribution < 1.29 is 14.3 Å². The third-order valence-corrected chi connectivity index (χ3v) is 7.07. The SMILES string of the molecule is C#CCCOC(=O)N1CCC(N2CCC3(CC2)CN(C(C)=O)c2ccccc23)CC1. The largest absolute Gasteiger partial charge is 0.448 e. The molecule has 30 heavy (non-hydrogen) atoms. The number of hydrogen-bond donors (Lipinski definition) is 0. The number of ether oxygens (including phenoxy) is 1. The summed E-state index contributed by atoms with van der Waals surface area (Å²) in [5.74, 6) is 2.62. The minimum absolute atomic E-state index is 0.0836. The molecule has 0 aliphatic carbocycles. The fourth-order valence-corrected chi connectivity index (χ4v) is 5.36. The van der Waals surface area contributed by atoms with Gasteiger partial charge in [-0.15, -0.1) is 12.3 Å². The third kappa shape index (κ3) is 3.91. The lowest BCUT2D eigenvalue weighted by Gasteiger charge is -2.45. The van der Waals surface area contributed by atoms with E-state index in [9.17, 15) is 9.59 Å². The van der Waals surface area contributed by atoms with Gasteiger partial charge < -0.3 is 19.4 Å². The van der Waals surface area contributed by atoms with Crippen LogP contribution in [0.2, 0.25) is 0 Å². The van der Waals surface area contributed by atoms with Crippen LogP contribution in [0, 0.1) is 12.3 Å². The normalized spacial score (nSPS) is 21.3. The van der Waals surface area contributed by atoms with Crippen LogP contribution in [-0.2, 0) is 14.9 Å². The lowest BCUT2D eigenvalue weighted by atomic mass is 9.74. The number of benzene rings is 1. The quantitative estimate of drug-likeness (QED) is 0.569. The van der Waals surface area contributed by atoms with E-state index >= 15 is 0 Å². The summed E-state index contributed by atoms with van der Waals surface area (Å²) in [6, 6.07) is 8.91. The van der Waals surface area contributed by atoms with E-state index in [0.717, 1.165) is 64.1 Å². The van der Waals surface area contributed by atoms with Crippen molar-refractivity contribution in [1.82, 2.24) is 9.80 Å². The van der Waals surface area contributed by atoms with Crippen LogP contribution < -0.4 is 4.90 Å². The number of nitrogens with zero attached hydrogens (tertiary/aromatic N) is 3. The zero-order valence-corrected chi connectivity index (χ0v) is 17.8. The van der Waals surface area contributed by atoms with Crippen molar-refractivity contribution in [3.05, 3.63) is 29.8 Å². The molecule has 3 aliphatic heterocycles. The summed E-state index contributed by atoms with van der Waals surface area (Å²) in [6.45, 7) is 6.31. The van der Waals surface area contributed by atoms with Gasteiger partial charge in [0.25, 0.3) is 0 Å². The van der Waals surface area contributed by atoms with Crippen molar-refractivity contribution in [2.24, 2.45) is 0 Å². The molecule has 0 N–H and O–H groups in total. The Morgan fingerprint density at radius 1 is 1.17 bits per heavy atom. The molecule has 3 heterocycles. The monoisotopic (exact) mass is 409 g/mol. The van der Waals surface area contributed by atoms with E-state index in [1.54, 1.807) is 11.8 Å². The summed E-state index contributed by atoms with van der Waals surface area (Å²) >= 11 is 0. The van der Waals surface area contributed by atoms with E-state index in [-0.39, 0.29) is 17.4 Å². The van der Waals surface area contributed by atoms with Gasteiger partial charge in [0.15, 0.2) is 0 Å². The number of terminal acetylenes is 1. The predicted octanol–water partition coefficient (Wildman–Crippen LogP) is 3.01. The van der Waals surface area contributed by atoms with Gasteiger partial charge in [-0.1, -0.05) is 18.2 Å². The van der Waals surface area contributed by atoms with Crippen LogP contribution in [0.1, 0.15) is 44.6 Å². The van der Waals surface area contributed by atoms with Crippen LogP contribution in [0.4, 0.5) is 10.5 Å². The van der Waals surface area contributed by atoms with Gasteiger partial charge in [0.2, 0.25) is 5.91 Å². The first kappa shape index (κ1) is 20.7. The van der Waals surface area contributed by atoms with Crippen LogP contribution in [0.15, 0.2) is 24.3 Å². The highest BCUT2D eigenvalue weighted by Crippen LogP contribution is 2.47. The number of rotatable bonds is 3. The number of piperidine rings is 2. The molecule has 6 heteroatoms. The smallest absolute Gasteiger partial charge is 0.409 e. The Kier molecular flexibility index (Phi) is 6.01. The molecule has 2 fully saturated rings. The van der Waals surface area contributed by atoms with E-state index in [1.807, 2.05) is 11.0 Å². The highest BCUT2D eigenvalue weighted by molar-refractivity contribution is 5.94. The minimum Gasteiger partial charge on any atom is -0.448 e. The molecular formula is C24H31N3O3. The van der Waals surface area contributed by atoms with Gasteiger partial charge in [-0.05, 0) is 50.4 Å². The molecular weight excluding hydrogens is 378 g/mol. The van der Waals surface area contributed by atoms with Gasteiger partial charge in [-0.25, -0.2) is 4.79 Å². The van der Waals surface area contributed by atoms with Crippen LogP contribution in [0.25, 0.3) is 0 Å². The Bertz CT molecular complexity index is 830. The Labute approximate surface area is 179 Å². The predicted molar refractivity (Wildman–Crippen MR) is 116 cm³/mol. The molecule has 0 unspecified atom stereocenters. The maximum atomic E-state index is 12.2. The Morgan fingerprint density at radius 3 is 2.53 bits per heavy atom. The molecule has 1 spiro atoms. The second-order valence-electron chi connectivity index (χ2n) is 8.73. The molecule has 1 aromatic rings. The number of carbonyl (C=O) groups is 2. The van der Waals surface area contributed by atoms with E-state index in [2.05, 4.69) is 29.0 Å². The number of amides is 2. The van der Waals surface area contributed by atoms with E-state index < -0.39 is 0 Å². The van der Waals surface area contributed by atoms with Crippen molar-refractivity contribution in [2.45, 2.75) is 50.5 Å². The Morgan fingerprint density at radius 2 is 1.87 bits per heavy atom. The van der Waals surface area contributed by atoms with Crippen LogP contribution in [-0.4, -0.2) is 67.2 Å². The summed E-state index contributed by atoms with van der Waals surface area (Å²) in [7, 11) is 0. The van der Waals surface area contributed by atoms with E-state index in [4.69, 9.17) is 11.2 Å². The van der Waals surface area contributed by atoms with Crippen molar-refractivity contribution in [3.8, 4) is 12.3 Å². The number of fused-ring (bicyclic) bond motifs is 2. The number of hydrogen-bond acceptors (Lipinski definition) is 4. The molecule has 2 amide bonds. The van der Waals surface area contributed by atoms with Gasteiger partial charge >= 0.3 is 6.09 Å². The van der Waals surface area contributed by atoms with Gasteiger partial charge in [0.1, 0.15) is 6.61 Å². The molecule has 0 atom stereocenters. The highest BCUT2D eigenvalue weighted by atomic mass is 16.6. The molecule has 0 bridgehead atoms. The van der Waals surface area contributed by atoms with Gasteiger partial charge in [-0.2, -0.15) is 0 Å². The van der Waals surface area contributed by atoms with Crippen molar-refractivity contribution in [2.75, 3.05) is 44.2 Å². The molecule has 2 saturated heterocycles. The minimum atomic E-state index is -0.242. The zero-order valence-electron chi connectivity index (χ0n) is 17.8. The van der Waals surface area contributed by atoms with Crippen molar-refractivity contribution >= 4 is 17.7 Å². The van der Waals surface area contributed by atoms with Gasteiger partial charge in [-0.3, -0.25) is 4.79 Å². The molecule has 0 saturated carbocycles. The third-order valence-electron chi connectivity index (χ3n) is 7.07. The maximum Gasteiger partial charge on any atom is 0.409 e. The number of likely N-dealkylation sites (tertiary alicyclic amines) is 2. The topological polar surface area (TPSA) is 53.1 Å². The van der Waals surface area contributed by atoms with E-state index in [1.165, 1.54) is 5.56 Å². The molecule has 3 aliphatic rings. The second kappa shape index (κ2) is 8.69. The van der Waals surface area contributed by atoms with Crippen LogP contribution in [0.3, 0.4) is 0 Å². The van der Waals surface area contributed by atoms with Gasteiger partial charge in [0, 0.05) is 50.1 Å². The molecule has 160 valence electrons.